The van der Waals surface area contributed by atoms with Crippen molar-refractivity contribution < 1.29 is 22.8 Å². The maximum atomic E-state index is 13.8. The Hall–Kier alpha value is -3.10. The molecule has 0 saturated heterocycles. The number of nitrogens with one attached hydrogen (secondary N) is 1. The van der Waals surface area contributed by atoms with Gasteiger partial charge in [0.25, 0.3) is 17.4 Å². The number of anilines is 1. The summed E-state index contributed by atoms with van der Waals surface area (Å²) in [4.78, 5) is 35.1. The van der Waals surface area contributed by atoms with E-state index in [1.54, 1.807) is 0 Å². The SMILES string of the molecule is Nc1c2c(cc(=O)n1-c1cc(F)c(F)cc1F)C(=O)NC2=O. The van der Waals surface area contributed by atoms with Crippen LogP contribution in [0, 0.1) is 17.5 Å². The van der Waals surface area contributed by atoms with E-state index in [1.807, 2.05) is 5.32 Å². The van der Waals surface area contributed by atoms with Gasteiger partial charge in [-0.2, -0.15) is 0 Å². The highest BCUT2D eigenvalue weighted by Crippen LogP contribution is 2.25. The van der Waals surface area contributed by atoms with Crippen LogP contribution in [-0.2, 0) is 0 Å². The Labute approximate surface area is 120 Å². The van der Waals surface area contributed by atoms with E-state index in [0.717, 1.165) is 6.07 Å². The monoisotopic (exact) mass is 309 g/mol. The van der Waals surface area contributed by atoms with Crippen LogP contribution >= 0.6 is 0 Å². The van der Waals surface area contributed by atoms with E-state index >= 15 is 0 Å². The zero-order valence-electron chi connectivity index (χ0n) is 10.6. The highest BCUT2D eigenvalue weighted by atomic mass is 19.2. The van der Waals surface area contributed by atoms with Crippen molar-refractivity contribution in [2.75, 3.05) is 5.73 Å². The van der Waals surface area contributed by atoms with E-state index in [4.69, 9.17) is 5.73 Å². The first-order valence-corrected chi connectivity index (χ1v) is 5.87. The quantitative estimate of drug-likeness (QED) is 0.599. The van der Waals surface area contributed by atoms with Gasteiger partial charge in [0.15, 0.2) is 11.6 Å². The van der Waals surface area contributed by atoms with Crippen LogP contribution in [0.4, 0.5) is 19.0 Å². The molecule has 9 heteroatoms. The smallest absolute Gasteiger partial charge is 0.262 e. The molecule has 2 amide bonds. The largest absolute Gasteiger partial charge is 0.384 e. The first-order chi connectivity index (χ1) is 10.3. The van der Waals surface area contributed by atoms with Gasteiger partial charge in [-0.3, -0.25) is 24.3 Å². The van der Waals surface area contributed by atoms with Crippen LogP contribution in [0.15, 0.2) is 23.0 Å². The number of hydrogen-bond donors (Lipinski definition) is 2. The standard InChI is InChI=1S/C13H6F3N3O3/c14-5-2-7(16)8(3-6(5)15)19-9(20)1-4-10(11(19)17)13(22)18-12(4)21/h1-3H,17H2,(H,18,21,22). The number of hydrogen-bond acceptors (Lipinski definition) is 4. The van der Waals surface area contributed by atoms with Gasteiger partial charge in [0.2, 0.25) is 0 Å². The van der Waals surface area contributed by atoms with E-state index in [2.05, 4.69) is 0 Å². The number of rotatable bonds is 1. The van der Waals surface area contributed by atoms with Crippen molar-refractivity contribution in [3.05, 3.63) is 57.1 Å². The van der Waals surface area contributed by atoms with E-state index in [9.17, 15) is 27.6 Å². The summed E-state index contributed by atoms with van der Waals surface area (Å²) >= 11 is 0. The number of nitrogens with zero attached hydrogens (tertiary/aromatic N) is 1. The van der Waals surface area contributed by atoms with Gasteiger partial charge >= 0.3 is 0 Å². The number of fused-ring (bicyclic) bond motifs is 1. The fraction of sp³-hybridized carbons (Fsp3) is 0. The average Bonchev–Trinajstić information content (AvgIpc) is 2.70. The predicted octanol–water partition coefficient (Wildman–Crippen LogP) is 0.721. The van der Waals surface area contributed by atoms with Gasteiger partial charge in [-0.15, -0.1) is 0 Å². The van der Waals surface area contributed by atoms with Crippen LogP contribution in [0.1, 0.15) is 20.7 Å². The van der Waals surface area contributed by atoms with Crippen molar-refractivity contribution >= 4 is 17.6 Å². The Balaban J connectivity index is 2.37. The maximum absolute atomic E-state index is 13.8. The summed E-state index contributed by atoms with van der Waals surface area (Å²) in [5.41, 5.74) is 3.42. The second kappa shape index (κ2) is 4.45. The van der Waals surface area contributed by atoms with Crippen molar-refractivity contribution in [2.45, 2.75) is 0 Å². The van der Waals surface area contributed by atoms with Gasteiger partial charge in [-0.25, -0.2) is 13.2 Å². The maximum Gasteiger partial charge on any atom is 0.262 e. The summed E-state index contributed by atoms with van der Waals surface area (Å²) < 4.78 is 40.6. The lowest BCUT2D eigenvalue weighted by Gasteiger charge is -2.12. The van der Waals surface area contributed by atoms with E-state index in [0.29, 0.717) is 10.6 Å². The molecule has 3 N–H and O–H groups in total. The number of imide groups is 1. The molecule has 0 bridgehead atoms. The van der Waals surface area contributed by atoms with Gasteiger partial charge in [-0.05, 0) is 0 Å². The number of nitrogens with two attached hydrogens (primary N) is 1. The number of carbonyl (C=O) groups excluding carboxylic acids is 2. The average molecular weight is 309 g/mol. The first kappa shape index (κ1) is 13.9. The van der Waals surface area contributed by atoms with Crippen molar-refractivity contribution in [3.63, 3.8) is 0 Å². The summed E-state index contributed by atoms with van der Waals surface area (Å²) in [6, 6.07) is 1.45. The molecule has 2 heterocycles. The minimum absolute atomic E-state index is 0.245. The summed E-state index contributed by atoms with van der Waals surface area (Å²) in [5.74, 6) is -6.32. The first-order valence-electron chi connectivity index (χ1n) is 5.87. The van der Waals surface area contributed by atoms with E-state index in [1.165, 1.54) is 0 Å². The molecule has 22 heavy (non-hydrogen) atoms. The number of pyridine rings is 1. The van der Waals surface area contributed by atoms with Gasteiger partial charge in [0, 0.05) is 18.2 Å². The predicted molar refractivity (Wildman–Crippen MR) is 68.1 cm³/mol. The number of halogens is 3. The lowest BCUT2D eigenvalue weighted by atomic mass is 10.1. The normalized spacial score (nSPS) is 13.2. The molecule has 112 valence electrons. The second-order valence-electron chi connectivity index (χ2n) is 4.49. The van der Waals surface area contributed by atoms with E-state index in [-0.39, 0.29) is 17.2 Å². The lowest BCUT2D eigenvalue weighted by molar-refractivity contribution is 0.0880. The molecule has 2 aromatic rings. The number of carbonyl (C=O) groups is 2. The highest BCUT2D eigenvalue weighted by Gasteiger charge is 2.32. The summed E-state index contributed by atoms with van der Waals surface area (Å²) in [6.45, 7) is 0. The molecule has 1 aliphatic rings. The molecule has 1 aliphatic heterocycles. The molecule has 3 rings (SSSR count). The molecule has 0 radical (unpaired) electrons. The summed E-state index contributed by atoms with van der Waals surface area (Å²) in [7, 11) is 0. The number of nitrogen functional groups attached to an aromatic ring is 1. The fourth-order valence-electron chi connectivity index (χ4n) is 2.21. The van der Waals surface area contributed by atoms with Crippen LogP contribution in [-0.4, -0.2) is 16.4 Å². The van der Waals surface area contributed by atoms with E-state index < -0.39 is 46.3 Å². The van der Waals surface area contributed by atoms with Crippen LogP contribution in [0.5, 0.6) is 0 Å². The topological polar surface area (TPSA) is 94.2 Å². The van der Waals surface area contributed by atoms with Crippen LogP contribution in [0.25, 0.3) is 5.69 Å². The second-order valence-corrected chi connectivity index (χ2v) is 4.49. The van der Waals surface area contributed by atoms with Crippen LogP contribution in [0.3, 0.4) is 0 Å². The van der Waals surface area contributed by atoms with Crippen molar-refractivity contribution in [1.29, 1.82) is 0 Å². The van der Waals surface area contributed by atoms with Crippen molar-refractivity contribution in [3.8, 4) is 5.69 Å². The summed E-state index contributed by atoms with van der Waals surface area (Å²) in [5, 5.41) is 1.93. The molecule has 0 saturated carbocycles. The molecular formula is C13H6F3N3O3. The molecule has 0 atom stereocenters. The zero-order chi connectivity index (χ0) is 16.2. The Morgan fingerprint density at radius 2 is 1.55 bits per heavy atom. The third-order valence-electron chi connectivity index (χ3n) is 3.18. The van der Waals surface area contributed by atoms with Gasteiger partial charge in [0.1, 0.15) is 11.6 Å². The Kier molecular flexibility index (Phi) is 2.80. The molecule has 0 spiro atoms. The molecule has 0 unspecified atom stereocenters. The lowest BCUT2D eigenvalue weighted by Crippen LogP contribution is -2.25. The third-order valence-corrected chi connectivity index (χ3v) is 3.18. The van der Waals surface area contributed by atoms with Crippen molar-refractivity contribution in [2.24, 2.45) is 0 Å². The number of aromatic nitrogens is 1. The molecule has 0 fully saturated rings. The van der Waals surface area contributed by atoms with Gasteiger partial charge < -0.3 is 5.73 Å². The van der Waals surface area contributed by atoms with Crippen molar-refractivity contribution in [1.82, 2.24) is 9.88 Å². The fourth-order valence-corrected chi connectivity index (χ4v) is 2.21. The Morgan fingerprint density at radius 1 is 0.909 bits per heavy atom. The number of benzene rings is 1. The summed E-state index contributed by atoms with van der Waals surface area (Å²) in [6.07, 6.45) is 0. The molecular weight excluding hydrogens is 303 g/mol. The highest BCUT2D eigenvalue weighted by molar-refractivity contribution is 6.23. The minimum Gasteiger partial charge on any atom is -0.384 e. The minimum atomic E-state index is -1.44. The third kappa shape index (κ3) is 1.79. The molecule has 1 aromatic heterocycles. The van der Waals surface area contributed by atoms with Crippen LogP contribution < -0.4 is 16.6 Å². The number of amides is 2. The van der Waals surface area contributed by atoms with Gasteiger partial charge in [-0.1, -0.05) is 0 Å². The Bertz CT molecular complexity index is 921. The van der Waals surface area contributed by atoms with Gasteiger partial charge in [0.05, 0.1) is 16.8 Å². The molecule has 6 nitrogen and oxygen atoms in total. The Morgan fingerprint density at radius 3 is 2.23 bits per heavy atom. The van der Waals surface area contributed by atoms with Crippen LogP contribution in [0.2, 0.25) is 0 Å². The molecule has 0 aliphatic carbocycles. The zero-order valence-corrected chi connectivity index (χ0v) is 10.6. The molecule has 1 aromatic carbocycles.